The number of hydrogen-bond acceptors (Lipinski definition) is 4. The lowest BCUT2D eigenvalue weighted by molar-refractivity contribution is -0.116. The van der Waals surface area contributed by atoms with Crippen molar-refractivity contribution >= 4 is 33.0 Å². The Bertz CT molecular complexity index is 847. The van der Waals surface area contributed by atoms with Crippen molar-refractivity contribution in [2.24, 2.45) is 0 Å². The summed E-state index contributed by atoms with van der Waals surface area (Å²) < 4.78 is 26.3. The van der Waals surface area contributed by atoms with E-state index in [0.717, 1.165) is 31.6 Å². The van der Waals surface area contributed by atoms with E-state index in [2.05, 4.69) is 5.32 Å². The number of aryl methyl sites for hydroxylation is 4. The summed E-state index contributed by atoms with van der Waals surface area (Å²) >= 11 is 1.20. The maximum atomic E-state index is 12.5. The SMILES string of the molecule is Cc1cc(C)c(NC(=O)CN(C)S(=O)(=O)c2ccc(C)s2)c(C)c1. The molecule has 7 heteroatoms. The van der Waals surface area contributed by atoms with E-state index < -0.39 is 10.0 Å². The molecule has 24 heavy (non-hydrogen) atoms. The third-order valence-electron chi connectivity index (χ3n) is 3.69. The Morgan fingerprint density at radius 1 is 1.12 bits per heavy atom. The summed E-state index contributed by atoms with van der Waals surface area (Å²) in [6, 6.07) is 7.29. The highest BCUT2D eigenvalue weighted by atomic mass is 32.2. The van der Waals surface area contributed by atoms with Gasteiger partial charge in [0, 0.05) is 17.6 Å². The highest BCUT2D eigenvalue weighted by Crippen LogP contribution is 2.24. The molecule has 5 nitrogen and oxygen atoms in total. The van der Waals surface area contributed by atoms with Crippen LogP contribution in [-0.2, 0) is 14.8 Å². The number of nitrogens with one attached hydrogen (secondary N) is 1. The fourth-order valence-corrected chi connectivity index (χ4v) is 5.17. The van der Waals surface area contributed by atoms with Crippen LogP contribution in [0.25, 0.3) is 0 Å². The third kappa shape index (κ3) is 4.03. The van der Waals surface area contributed by atoms with Gasteiger partial charge in [-0.05, 0) is 51.0 Å². The lowest BCUT2D eigenvalue weighted by atomic mass is 10.1. The van der Waals surface area contributed by atoms with Crippen LogP contribution in [0, 0.1) is 27.7 Å². The summed E-state index contributed by atoms with van der Waals surface area (Å²) in [6.45, 7) is 7.45. The van der Waals surface area contributed by atoms with Crippen molar-refractivity contribution in [1.29, 1.82) is 0 Å². The largest absolute Gasteiger partial charge is 0.324 e. The van der Waals surface area contributed by atoms with Gasteiger partial charge < -0.3 is 5.32 Å². The molecule has 2 aromatic rings. The number of benzene rings is 1. The summed E-state index contributed by atoms with van der Waals surface area (Å²) in [5.41, 5.74) is 3.78. The molecular formula is C17H22N2O3S2. The number of amides is 1. The van der Waals surface area contributed by atoms with Gasteiger partial charge >= 0.3 is 0 Å². The Hall–Kier alpha value is -1.70. The van der Waals surface area contributed by atoms with Crippen LogP contribution in [0.5, 0.6) is 0 Å². The number of rotatable bonds is 5. The molecule has 1 N–H and O–H groups in total. The lowest BCUT2D eigenvalue weighted by Crippen LogP contribution is -2.34. The Labute approximate surface area is 147 Å². The Morgan fingerprint density at radius 3 is 2.21 bits per heavy atom. The molecule has 0 bridgehead atoms. The summed E-state index contributed by atoms with van der Waals surface area (Å²) in [4.78, 5) is 13.2. The first-order chi connectivity index (χ1) is 11.1. The maximum absolute atomic E-state index is 12.5. The van der Waals surface area contributed by atoms with E-state index in [1.165, 1.54) is 18.4 Å². The molecule has 0 fully saturated rings. The van der Waals surface area contributed by atoms with Gasteiger partial charge in [-0.25, -0.2) is 8.42 Å². The summed E-state index contributed by atoms with van der Waals surface area (Å²) in [5, 5.41) is 2.82. The number of nitrogens with zero attached hydrogens (tertiary/aromatic N) is 1. The molecular weight excluding hydrogens is 344 g/mol. The van der Waals surface area contributed by atoms with Crippen molar-refractivity contribution in [3.05, 3.63) is 45.8 Å². The number of anilines is 1. The quantitative estimate of drug-likeness (QED) is 0.883. The van der Waals surface area contributed by atoms with E-state index in [-0.39, 0.29) is 16.7 Å². The fraction of sp³-hybridized carbons (Fsp3) is 0.353. The van der Waals surface area contributed by atoms with Crippen molar-refractivity contribution in [2.75, 3.05) is 18.9 Å². The van der Waals surface area contributed by atoms with Crippen molar-refractivity contribution in [2.45, 2.75) is 31.9 Å². The molecule has 0 saturated carbocycles. The molecule has 0 aliphatic heterocycles. The normalized spacial score (nSPS) is 11.8. The molecule has 1 aromatic heterocycles. The summed E-state index contributed by atoms with van der Waals surface area (Å²) in [6.07, 6.45) is 0. The molecule has 2 rings (SSSR count). The molecule has 0 spiro atoms. The van der Waals surface area contributed by atoms with Gasteiger partial charge in [-0.15, -0.1) is 11.3 Å². The van der Waals surface area contributed by atoms with E-state index in [0.29, 0.717) is 0 Å². The Kier molecular flexibility index (Phi) is 5.47. The van der Waals surface area contributed by atoms with Crippen LogP contribution in [0.15, 0.2) is 28.5 Å². The summed E-state index contributed by atoms with van der Waals surface area (Å²) in [5.74, 6) is -0.357. The van der Waals surface area contributed by atoms with Crippen LogP contribution in [0.3, 0.4) is 0 Å². The molecule has 0 radical (unpaired) electrons. The van der Waals surface area contributed by atoms with Gasteiger partial charge in [-0.1, -0.05) is 17.7 Å². The fourth-order valence-electron chi connectivity index (χ4n) is 2.55. The van der Waals surface area contributed by atoms with E-state index in [4.69, 9.17) is 0 Å². The van der Waals surface area contributed by atoms with Crippen LogP contribution in [0.2, 0.25) is 0 Å². The van der Waals surface area contributed by atoms with Gasteiger partial charge in [-0.2, -0.15) is 4.31 Å². The highest BCUT2D eigenvalue weighted by Gasteiger charge is 2.24. The van der Waals surface area contributed by atoms with Crippen LogP contribution < -0.4 is 5.32 Å². The molecule has 0 saturated heterocycles. The molecule has 1 heterocycles. The average molecular weight is 367 g/mol. The van der Waals surface area contributed by atoms with Crippen molar-refractivity contribution in [3.63, 3.8) is 0 Å². The number of thiophene rings is 1. The highest BCUT2D eigenvalue weighted by molar-refractivity contribution is 7.91. The number of sulfonamides is 1. The van der Waals surface area contributed by atoms with E-state index in [1.54, 1.807) is 12.1 Å². The second-order valence-corrected chi connectivity index (χ2v) is 9.51. The zero-order valence-electron chi connectivity index (χ0n) is 14.5. The van der Waals surface area contributed by atoms with E-state index in [9.17, 15) is 13.2 Å². The van der Waals surface area contributed by atoms with Gasteiger partial charge in [-0.3, -0.25) is 4.79 Å². The number of carbonyl (C=O) groups is 1. The van der Waals surface area contributed by atoms with Gasteiger partial charge in [0.1, 0.15) is 4.21 Å². The van der Waals surface area contributed by atoms with Crippen LogP contribution in [0.1, 0.15) is 21.6 Å². The van der Waals surface area contributed by atoms with Crippen LogP contribution in [-0.4, -0.2) is 32.2 Å². The van der Waals surface area contributed by atoms with Crippen molar-refractivity contribution in [1.82, 2.24) is 4.31 Å². The molecule has 0 aliphatic carbocycles. The summed E-state index contributed by atoms with van der Waals surface area (Å²) in [7, 11) is -2.23. The average Bonchev–Trinajstić information content (AvgIpc) is 2.90. The van der Waals surface area contributed by atoms with Crippen molar-refractivity contribution < 1.29 is 13.2 Å². The van der Waals surface area contributed by atoms with E-state index >= 15 is 0 Å². The second-order valence-electron chi connectivity index (χ2n) is 5.95. The monoisotopic (exact) mass is 366 g/mol. The maximum Gasteiger partial charge on any atom is 0.252 e. The van der Waals surface area contributed by atoms with Crippen LogP contribution in [0.4, 0.5) is 5.69 Å². The zero-order valence-corrected chi connectivity index (χ0v) is 16.1. The number of likely N-dealkylation sites (N-methyl/N-ethyl adjacent to an activating group) is 1. The third-order valence-corrected chi connectivity index (χ3v) is 6.96. The van der Waals surface area contributed by atoms with E-state index in [1.807, 2.05) is 39.8 Å². The van der Waals surface area contributed by atoms with Gasteiger partial charge in [0.15, 0.2) is 0 Å². The molecule has 130 valence electrons. The number of hydrogen-bond donors (Lipinski definition) is 1. The van der Waals surface area contributed by atoms with Crippen molar-refractivity contribution in [3.8, 4) is 0 Å². The minimum atomic E-state index is -3.64. The zero-order chi connectivity index (χ0) is 18.1. The smallest absolute Gasteiger partial charge is 0.252 e. The number of carbonyl (C=O) groups excluding carboxylic acids is 1. The molecule has 1 aromatic carbocycles. The van der Waals surface area contributed by atoms with Gasteiger partial charge in [0.05, 0.1) is 6.54 Å². The molecule has 1 amide bonds. The Balaban J connectivity index is 2.13. The first-order valence-corrected chi connectivity index (χ1v) is 9.77. The molecule has 0 unspecified atom stereocenters. The molecule has 0 atom stereocenters. The first kappa shape index (κ1) is 18.6. The minimum Gasteiger partial charge on any atom is -0.324 e. The second kappa shape index (κ2) is 7.04. The predicted octanol–water partition coefficient (Wildman–Crippen LogP) is 3.24. The van der Waals surface area contributed by atoms with Gasteiger partial charge in [0.2, 0.25) is 5.91 Å². The lowest BCUT2D eigenvalue weighted by Gasteiger charge is -2.17. The topological polar surface area (TPSA) is 66.5 Å². The first-order valence-electron chi connectivity index (χ1n) is 7.51. The predicted molar refractivity (Wildman–Crippen MR) is 98.2 cm³/mol. The van der Waals surface area contributed by atoms with Crippen LogP contribution >= 0.6 is 11.3 Å². The minimum absolute atomic E-state index is 0.230. The molecule has 0 aliphatic rings. The Morgan fingerprint density at radius 2 is 1.71 bits per heavy atom. The van der Waals surface area contributed by atoms with Gasteiger partial charge in [0.25, 0.3) is 10.0 Å². The standard InChI is InChI=1S/C17H22N2O3S2/c1-11-8-12(2)17(13(3)9-11)18-15(20)10-19(5)24(21,22)16-7-6-14(4)23-16/h6-9H,10H2,1-5H3,(H,18,20).